The zero-order chi connectivity index (χ0) is 48.8. The fraction of sp³-hybridized carbons (Fsp3) is 0.622. The Kier molecular flexibility index (Phi) is 19.6. The molecule has 5 heterocycles. The van der Waals surface area contributed by atoms with Crippen LogP contribution in [0.4, 0.5) is 8.68 Å². The molecule has 3 aliphatic heterocycles. The number of hydrogen-bond donors (Lipinski definition) is 5. The number of urea groups is 1. The highest BCUT2D eigenvalue weighted by atomic mass is 32.3. The molecule has 1 aromatic carbocycles. The Labute approximate surface area is 404 Å². The number of fused-ring (bicyclic) bond motifs is 1. The first-order valence-electron chi connectivity index (χ1n) is 23.0. The van der Waals surface area contributed by atoms with Gasteiger partial charge in [-0.25, -0.2) is 9.78 Å². The summed E-state index contributed by atoms with van der Waals surface area (Å²) in [4.78, 5) is 71.8. The van der Waals surface area contributed by atoms with Crippen LogP contribution in [0.25, 0.3) is 10.4 Å². The van der Waals surface area contributed by atoms with Crippen LogP contribution >= 0.6 is 23.1 Å². The van der Waals surface area contributed by atoms with Gasteiger partial charge in [-0.2, -0.15) is 20.2 Å². The van der Waals surface area contributed by atoms with Crippen LogP contribution in [0, 0.1) is 19.8 Å². The smallest absolute Gasteiger partial charge is 0.315 e. The topological polar surface area (TPSA) is 249 Å². The fourth-order valence-electron chi connectivity index (χ4n) is 8.59. The quantitative estimate of drug-likeness (QED) is 0.0416. The first kappa shape index (κ1) is 52.7. The number of carbonyl (C=O) groups is 5. The third-order valence-corrected chi connectivity index (χ3v) is 15.7. The van der Waals surface area contributed by atoms with Gasteiger partial charge in [0, 0.05) is 43.1 Å². The number of benzene rings is 1. The largest absolute Gasteiger partial charge is 0.377 e. The van der Waals surface area contributed by atoms with Crippen LogP contribution in [0.2, 0.25) is 0 Å². The van der Waals surface area contributed by atoms with E-state index in [1.54, 1.807) is 44.5 Å². The molecule has 0 spiro atoms. The number of thiazole rings is 1. The second-order valence-electron chi connectivity index (χ2n) is 17.5. The van der Waals surface area contributed by atoms with Gasteiger partial charge in [0.1, 0.15) is 23.0 Å². The van der Waals surface area contributed by atoms with Gasteiger partial charge >= 0.3 is 16.3 Å². The highest BCUT2D eigenvalue weighted by Crippen LogP contribution is 2.35. The summed E-state index contributed by atoms with van der Waals surface area (Å²) in [5.41, 5.74) is 4.58. The first-order valence-corrected chi connectivity index (χ1v) is 26.4. The van der Waals surface area contributed by atoms with Crippen LogP contribution < -0.4 is 26.6 Å². The highest BCUT2D eigenvalue weighted by molar-refractivity contribution is 8.00. The van der Waals surface area contributed by atoms with E-state index >= 15 is 0 Å². The number of nitrogens with zero attached hydrogens (tertiary/aromatic N) is 3. The van der Waals surface area contributed by atoms with Gasteiger partial charge in [0.05, 0.1) is 86.0 Å². The molecule has 0 unspecified atom stereocenters. The predicted octanol–water partition coefficient (Wildman–Crippen LogP) is 3.68. The Morgan fingerprint density at radius 2 is 1.63 bits per heavy atom. The number of nitrogens with one attached hydrogen (secondary N) is 5. The molecule has 3 saturated heterocycles. The third kappa shape index (κ3) is 14.9. The molecule has 5 N–H and O–H groups in total. The van der Waals surface area contributed by atoms with Crippen LogP contribution in [0.15, 0.2) is 40.4 Å². The van der Waals surface area contributed by atoms with Crippen molar-refractivity contribution in [1.82, 2.24) is 41.6 Å². The van der Waals surface area contributed by atoms with Crippen molar-refractivity contribution >= 4 is 63.0 Å². The van der Waals surface area contributed by atoms with E-state index in [9.17, 15) is 36.3 Å². The molecule has 0 saturated carbocycles. The van der Waals surface area contributed by atoms with E-state index in [-0.39, 0.29) is 61.9 Å². The number of hydrogen-bond acceptors (Lipinski definition) is 15. The minimum absolute atomic E-state index is 0.0171. The highest BCUT2D eigenvalue weighted by Gasteiger charge is 2.48. The maximum Gasteiger partial charge on any atom is 0.315 e. The normalized spacial score (nSPS) is 21.0. The molecule has 2 aromatic heterocycles. The van der Waals surface area contributed by atoms with Crippen molar-refractivity contribution in [2.45, 2.75) is 107 Å². The minimum atomic E-state index is -5.13. The molecular weight excluding hydrogens is 944 g/mol. The number of halogens is 1. The summed E-state index contributed by atoms with van der Waals surface area (Å²) in [5, 5.41) is 17.1. The number of unbranched alkanes of at least 4 members (excludes halogenated alkanes) is 1. The van der Waals surface area contributed by atoms with Crippen LogP contribution in [-0.4, -0.2) is 147 Å². The molecule has 0 bridgehead atoms. The molecule has 0 radical (unpaired) electrons. The Balaban J connectivity index is 0.907. The molecule has 3 aliphatic rings. The zero-order valence-corrected chi connectivity index (χ0v) is 41.3. The number of carbonyl (C=O) groups excluding carboxylic acids is 5. The predicted molar refractivity (Wildman–Crippen MR) is 253 cm³/mol. The molecule has 6 amide bonds. The number of likely N-dealkylation sites (tertiary alicyclic amines) is 1. The van der Waals surface area contributed by atoms with E-state index in [2.05, 4.69) is 36.7 Å². The maximum atomic E-state index is 14.5. The Hall–Kier alpha value is -4.68. The molecule has 19 nitrogen and oxygen atoms in total. The van der Waals surface area contributed by atoms with E-state index in [0.29, 0.717) is 55.9 Å². The van der Waals surface area contributed by atoms with Gasteiger partial charge < -0.3 is 50.2 Å². The lowest BCUT2D eigenvalue weighted by Gasteiger charge is -2.30. The molecule has 7 atom stereocenters. The van der Waals surface area contributed by atoms with Crippen LogP contribution in [0.5, 0.6) is 0 Å². The molecule has 68 heavy (non-hydrogen) atoms. The van der Waals surface area contributed by atoms with Crippen molar-refractivity contribution in [3.8, 4) is 10.4 Å². The van der Waals surface area contributed by atoms with Crippen molar-refractivity contribution in [1.29, 1.82) is 0 Å². The van der Waals surface area contributed by atoms with E-state index in [1.165, 1.54) is 11.3 Å². The van der Waals surface area contributed by atoms with E-state index in [4.69, 9.17) is 18.7 Å². The van der Waals surface area contributed by atoms with Crippen molar-refractivity contribution in [3.63, 3.8) is 0 Å². The zero-order valence-electron chi connectivity index (χ0n) is 38.8. The molecule has 0 aliphatic carbocycles. The standard InChI is InChI=1S/C45H63FN8O11S3/c1-27(2)40(36-21-28(3)53-65-36)44(58)54-24-32(68(46,60)61)22-35(54)43(57)50-33(30-9-11-31(12-10-30)42-29(4)49-26-67-42)23-39(56)48-14-16-63-18-20-64-19-17-62-15-13-47-38(55)8-6-5-7-37-41-34(25-66-37)51-45(59)52-41/h9-12,21,26-27,32-35,37,40-41H,5-8,13-20,22-25H2,1-4H3,(H,47,55)(H,48,56)(H,50,57)(H2,51,52,59)/t32-,33+,34+,35+,37-,40-,41+/m1/s1. The van der Waals surface area contributed by atoms with Crippen molar-refractivity contribution in [2.75, 3.05) is 65.0 Å². The molecule has 3 aromatic rings. The van der Waals surface area contributed by atoms with E-state index < -0.39 is 64.2 Å². The summed E-state index contributed by atoms with van der Waals surface area (Å²) in [6.07, 6.45) is 2.43. The molecule has 374 valence electrons. The third-order valence-electron chi connectivity index (χ3n) is 12.1. The number of aromatic nitrogens is 2. The molecule has 6 rings (SSSR count). The summed E-state index contributed by atoms with van der Waals surface area (Å²) in [7, 11) is -5.13. The summed E-state index contributed by atoms with van der Waals surface area (Å²) >= 11 is 3.34. The van der Waals surface area contributed by atoms with Gasteiger partial charge in [0.15, 0.2) is 0 Å². The number of ether oxygens (including phenoxy) is 3. The van der Waals surface area contributed by atoms with Crippen molar-refractivity contribution < 1.29 is 55.0 Å². The summed E-state index contributed by atoms with van der Waals surface area (Å²) in [5.74, 6) is -1.87. The Morgan fingerprint density at radius 3 is 2.25 bits per heavy atom. The average Bonchev–Trinajstić information content (AvgIpc) is 4.15. The van der Waals surface area contributed by atoms with Crippen molar-refractivity contribution in [2.24, 2.45) is 5.92 Å². The van der Waals surface area contributed by atoms with Crippen molar-refractivity contribution in [3.05, 3.63) is 58.6 Å². The SMILES string of the molecule is Cc1cc([C@H](C(=O)N2C[C@H](S(=O)(=O)F)C[C@H]2C(=O)N[C@@H](CC(=O)NCCOCCOCCOCCNC(=O)CCCC[C@H]2SC[C@@H]3NC(=O)N[C@@H]32)c2ccc(-c3scnc3C)cc2)C(C)C)on1. The Morgan fingerprint density at radius 1 is 0.956 bits per heavy atom. The van der Waals surface area contributed by atoms with Gasteiger partial charge in [-0.1, -0.05) is 49.7 Å². The van der Waals surface area contributed by atoms with E-state index in [1.807, 2.05) is 30.8 Å². The Bertz CT molecular complexity index is 2280. The number of thioether (sulfide) groups is 1. The van der Waals surface area contributed by atoms with Crippen LogP contribution in [0.1, 0.15) is 87.0 Å². The van der Waals surface area contributed by atoms with E-state index in [0.717, 1.165) is 46.0 Å². The average molecular weight is 1010 g/mol. The maximum absolute atomic E-state index is 14.5. The number of amides is 6. The summed E-state index contributed by atoms with van der Waals surface area (Å²) < 4.78 is 61.0. The molecule has 3 fully saturated rings. The van der Waals surface area contributed by atoms with Gasteiger partial charge in [-0.15, -0.1) is 15.2 Å². The summed E-state index contributed by atoms with van der Waals surface area (Å²) in [6, 6.07) is 6.87. The summed E-state index contributed by atoms with van der Waals surface area (Å²) in [6.45, 7) is 8.94. The van der Waals surface area contributed by atoms with Crippen LogP contribution in [-0.2, 0) is 43.6 Å². The second kappa shape index (κ2) is 25.3. The molecule has 23 heteroatoms. The van der Waals surface area contributed by atoms with Gasteiger partial charge in [0.25, 0.3) is 0 Å². The lowest BCUT2D eigenvalue weighted by Crippen LogP contribution is -2.49. The van der Waals surface area contributed by atoms with Gasteiger partial charge in [-0.3, -0.25) is 19.2 Å². The second-order valence-corrected chi connectivity index (χ2v) is 21.2. The van der Waals surface area contributed by atoms with Crippen LogP contribution in [0.3, 0.4) is 0 Å². The first-order chi connectivity index (χ1) is 32.6. The minimum Gasteiger partial charge on any atom is -0.377 e. The fourth-order valence-corrected chi connectivity index (χ4v) is 11.7. The lowest BCUT2D eigenvalue weighted by atomic mass is 9.91. The molecular formula is C45H63FN8O11S3. The number of rotatable bonds is 27. The number of aryl methyl sites for hydroxylation is 2. The monoisotopic (exact) mass is 1010 g/mol. The van der Waals surface area contributed by atoms with Gasteiger partial charge in [0.2, 0.25) is 23.6 Å². The lowest BCUT2D eigenvalue weighted by molar-refractivity contribution is -0.141. The van der Waals surface area contributed by atoms with Gasteiger partial charge in [-0.05, 0) is 50.2 Å².